The highest BCUT2D eigenvalue weighted by Crippen LogP contribution is 2.36. The molecule has 0 aromatic heterocycles. The van der Waals surface area contributed by atoms with E-state index in [1.807, 2.05) is 0 Å². The van der Waals surface area contributed by atoms with Crippen LogP contribution in [0.4, 0.5) is 0 Å². The summed E-state index contributed by atoms with van der Waals surface area (Å²) in [5.74, 6) is -0.724. The van der Waals surface area contributed by atoms with Gasteiger partial charge in [0.2, 0.25) is 0 Å². The number of thiocarbonyl (C=S) groups is 1. The average molecular weight is 347 g/mol. The lowest BCUT2D eigenvalue weighted by Gasteiger charge is -2.13. The second-order valence-corrected chi connectivity index (χ2v) is 6.13. The Morgan fingerprint density at radius 1 is 0.960 bits per heavy atom. The number of aliphatic carboxylic acids is 1. The molecule has 124 valence electrons. The smallest absolute Gasteiger partial charge is 0.303 e. The monoisotopic (exact) mass is 347 g/mol. The van der Waals surface area contributed by atoms with Crippen molar-refractivity contribution in [2.24, 2.45) is 0 Å². The van der Waals surface area contributed by atoms with E-state index in [9.17, 15) is 4.79 Å². The predicted octanol–water partition coefficient (Wildman–Crippen LogP) is 5.66. The summed E-state index contributed by atoms with van der Waals surface area (Å²) in [4.78, 5) is 10.7. The van der Waals surface area contributed by atoms with Crippen molar-refractivity contribution in [3.63, 3.8) is 0 Å². The standard InChI is InChI=1S/C20H16O2.CHNS/c21-18(22)6-2-3-13-7-8-16-10-9-14-4-1-5-15-11-12-17(13)20(16)19(14)15;2-1-3/h1,4-5,7-12H,2-3,6H2,(H,21,22);2H. The lowest BCUT2D eigenvalue weighted by atomic mass is 9.90. The van der Waals surface area contributed by atoms with Crippen LogP contribution in [0, 0.1) is 5.41 Å². The van der Waals surface area contributed by atoms with Crippen LogP contribution in [0.1, 0.15) is 18.4 Å². The van der Waals surface area contributed by atoms with Crippen LogP contribution in [-0.4, -0.2) is 16.2 Å². The molecule has 3 nitrogen and oxygen atoms in total. The molecular weight excluding hydrogens is 330 g/mol. The van der Waals surface area contributed by atoms with Crippen LogP contribution in [0.15, 0.2) is 54.6 Å². The van der Waals surface area contributed by atoms with Gasteiger partial charge in [0.05, 0.1) is 5.16 Å². The van der Waals surface area contributed by atoms with Crippen LogP contribution in [0.2, 0.25) is 0 Å². The summed E-state index contributed by atoms with van der Waals surface area (Å²) in [5.41, 5.74) is 1.24. The fraction of sp³-hybridized carbons (Fsp3) is 0.143. The molecule has 4 rings (SSSR count). The quantitative estimate of drug-likeness (QED) is 0.284. The molecule has 0 saturated heterocycles. The van der Waals surface area contributed by atoms with Gasteiger partial charge in [-0.3, -0.25) is 4.79 Å². The van der Waals surface area contributed by atoms with Gasteiger partial charge in [-0.15, -0.1) is 0 Å². The maximum atomic E-state index is 10.7. The first-order valence-electron chi connectivity index (χ1n) is 8.07. The third-order valence-electron chi connectivity index (χ3n) is 4.46. The van der Waals surface area contributed by atoms with E-state index < -0.39 is 5.97 Å². The molecule has 25 heavy (non-hydrogen) atoms. The second kappa shape index (κ2) is 7.39. The highest BCUT2D eigenvalue weighted by molar-refractivity contribution is 7.78. The maximum absolute atomic E-state index is 10.7. The summed E-state index contributed by atoms with van der Waals surface area (Å²) in [7, 11) is 0. The molecule has 0 amide bonds. The highest BCUT2D eigenvalue weighted by atomic mass is 32.1. The zero-order chi connectivity index (χ0) is 17.8. The molecule has 2 N–H and O–H groups in total. The zero-order valence-corrected chi connectivity index (χ0v) is 14.4. The molecule has 0 atom stereocenters. The summed E-state index contributed by atoms with van der Waals surface area (Å²) in [6, 6.07) is 19.4. The molecule has 4 aromatic carbocycles. The van der Waals surface area contributed by atoms with Crippen LogP contribution in [0.25, 0.3) is 32.3 Å². The number of hydrogen-bond acceptors (Lipinski definition) is 3. The van der Waals surface area contributed by atoms with Crippen molar-refractivity contribution < 1.29 is 9.90 Å². The lowest BCUT2D eigenvalue weighted by molar-refractivity contribution is -0.137. The molecule has 0 aliphatic heterocycles. The van der Waals surface area contributed by atoms with Crippen molar-refractivity contribution in [3.05, 3.63) is 60.2 Å². The number of isothiocyanates is 1. The molecule has 0 bridgehead atoms. The average Bonchev–Trinajstić information content (AvgIpc) is 2.61. The minimum atomic E-state index is -0.724. The van der Waals surface area contributed by atoms with Crippen LogP contribution in [0.5, 0.6) is 0 Å². The zero-order valence-electron chi connectivity index (χ0n) is 13.6. The van der Waals surface area contributed by atoms with E-state index in [4.69, 9.17) is 10.5 Å². The fourth-order valence-corrected chi connectivity index (χ4v) is 3.44. The maximum Gasteiger partial charge on any atom is 0.303 e. The summed E-state index contributed by atoms with van der Waals surface area (Å²) in [6.45, 7) is 0. The minimum Gasteiger partial charge on any atom is -0.481 e. The molecule has 4 heteroatoms. The molecule has 0 saturated carbocycles. The van der Waals surface area contributed by atoms with Gasteiger partial charge in [-0.1, -0.05) is 54.6 Å². The molecule has 0 aliphatic carbocycles. The Balaban J connectivity index is 0.000000569. The van der Waals surface area contributed by atoms with Gasteiger partial charge >= 0.3 is 5.97 Å². The van der Waals surface area contributed by atoms with Crippen LogP contribution in [0.3, 0.4) is 0 Å². The van der Waals surface area contributed by atoms with Crippen molar-refractivity contribution in [2.75, 3.05) is 0 Å². The molecule has 0 fully saturated rings. The SMILES string of the molecule is N=C=S.O=C(O)CCCc1ccc2ccc3cccc4ccc1c2c34. The van der Waals surface area contributed by atoms with Gasteiger partial charge < -0.3 is 5.11 Å². The number of carboxylic acid groups (broad SMARTS) is 1. The molecule has 0 heterocycles. The number of aryl methyl sites for hydroxylation is 1. The Kier molecular flexibility index (Phi) is 5.03. The van der Waals surface area contributed by atoms with Gasteiger partial charge in [-0.25, -0.2) is 5.41 Å². The summed E-state index contributed by atoms with van der Waals surface area (Å²) >= 11 is 3.81. The number of carbonyl (C=O) groups is 1. The van der Waals surface area contributed by atoms with Gasteiger partial charge in [0.1, 0.15) is 0 Å². The Bertz CT molecular complexity index is 1070. The Morgan fingerprint density at radius 2 is 1.52 bits per heavy atom. The van der Waals surface area contributed by atoms with E-state index in [1.54, 1.807) is 5.16 Å². The van der Waals surface area contributed by atoms with Gasteiger partial charge in [0, 0.05) is 6.42 Å². The van der Waals surface area contributed by atoms with Gasteiger partial charge in [0.25, 0.3) is 0 Å². The van der Waals surface area contributed by atoms with Crippen molar-refractivity contribution in [3.8, 4) is 0 Å². The summed E-state index contributed by atoms with van der Waals surface area (Å²) in [5, 5.41) is 23.8. The van der Waals surface area contributed by atoms with E-state index in [1.165, 1.54) is 37.9 Å². The van der Waals surface area contributed by atoms with E-state index in [0.717, 1.165) is 6.42 Å². The third kappa shape index (κ3) is 3.36. The van der Waals surface area contributed by atoms with Gasteiger partial charge in [-0.2, -0.15) is 0 Å². The van der Waals surface area contributed by atoms with E-state index in [-0.39, 0.29) is 6.42 Å². The molecule has 0 radical (unpaired) electrons. The van der Waals surface area contributed by atoms with Crippen molar-refractivity contribution in [2.45, 2.75) is 19.3 Å². The molecular formula is C21H17NO2S. The van der Waals surface area contributed by atoms with Crippen LogP contribution in [-0.2, 0) is 11.2 Å². The molecule has 0 aliphatic rings. The van der Waals surface area contributed by atoms with E-state index in [2.05, 4.69) is 66.8 Å². The minimum absolute atomic E-state index is 0.224. The Labute approximate surface area is 150 Å². The summed E-state index contributed by atoms with van der Waals surface area (Å²) < 4.78 is 0. The van der Waals surface area contributed by atoms with Crippen molar-refractivity contribution in [1.29, 1.82) is 5.41 Å². The topological polar surface area (TPSA) is 61.2 Å². The summed E-state index contributed by atoms with van der Waals surface area (Å²) in [6.07, 6.45) is 1.71. The number of carboxylic acids is 1. The van der Waals surface area contributed by atoms with Gasteiger partial charge in [-0.05, 0) is 62.9 Å². The van der Waals surface area contributed by atoms with Crippen molar-refractivity contribution in [1.82, 2.24) is 0 Å². The first-order valence-corrected chi connectivity index (χ1v) is 8.47. The van der Waals surface area contributed by atoms with Gasteiger partial charge in [0.15, 0.2) is 0 Å². The number of benzene rings is 4. The van der Waals surface area contributed by atoms with E-state index >= 15 is 0 Å². The number of nitrogens with one attached hydrogen (secondary N) is 1. The van der Waals surface area contributed by atoms with Crippen LogP contribution >= 0.6 is 12.2 Å². The fourth-order valence-electron chi connectivity index (χ4n) is 3.44. The largest absolute Gasteiger partial charge is 0.481 e. The molecule has 4 aromatic rings. The Hall–Kier alpha value is -2.81. The molecule has 0 spiro atoms. The molecule has 0 unspecified atom stereocenters. The second-order valence-electron chi connectivity index (χ2n) is 5.93. The Morgan fingerprint density at radius 3 is 2.16 bits per heavy atom. The number of rotatable bonds is 4. The van der Waals surface area contributed by atoms with E-state index in [0.29, 0.717) is 6.42 Å². The third-order valence-corrected chi connectivity index (χ3v) is 4.46. The van der Waals surface area contributed by atoms with Crippen LogP contribution < -0.4 is 0 Å². The number of hydrogen-bond donors (Lipinski definition) is 2. The van der Waals surface area contributed by atoms with Crippen molar-refractivity contribution >= 4 is 55.7 Å². The first-order chi connectivity index (χ1) is 12.2. The highest BCUT2D eigenvalue weighted by Gasteiger charge is 2.10. The lowest BCUT2D eigenvalue weighted by Crippen LogP contribution is -1.96. The predicted molar refractivity (Wildman–Crippen MR) is 106 cm³/mol. The normalized spacial score (nSPS) is 10.6. The first kappa shape index (κ1) is 17.0.